The van der Waals surface area contributed by atoms with Crippen LogP contribution >= 0.6 is 0 Å². The van der Waals surface area contributed by atoms with Gasteiger partial charge >= 0.3 is 6.09 Å². The van der Waals surface area contributed by atoms with Crippen LogP contribution < -0.4 is 0 Å². The van der Waals surface area contributed by atoms with Crippen LogP contribution in [0.25, 0.3) is 0 Å². The second-order valence-electron chi connectivity index (χ2n) is 7.66. The molecule has 0 bridgehead atoms. The van der Waals surface area contributed by atoms with Gasteiger partial charge < -0.3 is 19.7 Å². The Kier molecular flexibility index (Phi) is 6.07. The van der Waals surface area contributed by atoms with Crippen LogP contribution in [0.3, 0.4) is 0 Å². The summed E-state index contributed by atoms with van der Waals surface area (Å²) in [5.74, 6) is 0. The van der Waals surface area contributed by atoms with Crippen molar-refractivity contribution in [3.63, 3.8) is 0 Å². The van der Waals surface area contributed by atoms with E-state index in [1.54, 1.807) is 9.91 Å². The van der Waals surface area contributed by atoms with E-state index >= 15 is 0 Å². The van der Waals surface area contributed by atoms with Gasteiger partial charge in [-0.1, -0.05) is 0 Å². The lowest BCUT2D eigenvalue weighted by atomic mass is 10.1. The summed E-state index contributed by atoms with van der Waals surface area (Å²) in [7, 11) is 0. The van der Waals surface area contributed by atoms with Crippen molar-refractivity contribution in [3.05, 3.63) is 5.21 Å². The molecule has 0 spiro atoms. The summed E-state index contributed by atoms with van der Waals surface area (Å²) >= 11 is 0. The Balaban J connectivity index is 2.55. The van der Waals surface area contributed by atoms with Crippen molar-refractivity contribution in [1.29, 1.82) is 0 Å². The third-order valence-corrected chi connectivity index (χ3v) is 3.34. The van der Waals surface area contributed by atoms with Crippen LogP contribution in [0, 0.1) is 5.21 Å². The van der Waals surface area contributed by atoms with Gasteiger partial charge in [-0.2, -0.15) is 0 Å². The number of hydrogen-bond donors (Lipinski definition) is 0. The van der Waals surface area contributed by atoms with Crippen molar-refractivity contribution in [2.75, 3.05) is 19.6 Å². The predicted molar refractivity (Wildman–Crippen MR) is 85.5 cm³/mol. The lowest BCUT2D eigenvalue weighted by Crippen LogP contribution is -2.45. The Morgan fingerprint density at radius 2 is 1.96 bits per heavy atom. The molecule has 0 unspecified atom stereocenters. The molecule has 0 N–H and O–H groups in total. The standard InChI is InChI=1S/C15H30N4O4/c1-8-18(14(2,3)4)19(21)16-23-12-9-10-17(11-12)13(20)22-15(5,6)7/h12H,8-11H2,1-7H3/b19-16+/t12-/m0/s1. The Morgan fingerprint density at radius 3 is 2.43 bits per heavy atom. The van der Waals surface area contributed by atoms with E-state index in [0.717, 1.165) is 0 Å². The van der Waals surface area contributed by atoms with E-state index < -0.39 is 5.60 Å². The number of ether oxygens (including phenoxy) is 1. The molecule has 1 fully saturated rings. The topological polar surface area (TPSA) is 80.4 Å². The van der Waals surface area contributed by atoms with Gasteiger partial charge in [0.2, 0.25) is 5.28 Å². The van der Waals surface area contributed by atoms with Crippen LogP contribution in [0.5, 0.6) is 0 Å². The number of hydrazine groups is 1. The molecule has 0 aromatic carbocycles. The lowest BCUT2D eigenvalue weighted by molar-refractivity contribution is -0.725. The third-order valence-electron chi connectivity index (χ3n) is 3.34. The number of rotatable bonds is 4. The SMILES string of the molecule is CCN(/[N+]([O-])=N\O[C@H]1CCN(C(=O)OC(C)(C)C)C1)C(C)(C)C. The Morgan fingerprint density at radius 1 is 1.35 bits per heavy atom. The zero-order valence-electron chi connectivity index (χ0n) is 15.3. The van der Waals surface area contributed by atoms with Gasteiger partial charge in [0.25, 0.3) is 0 Å². The molecular weight excluding hydrogens is 300 g/mol. The van der Waals surface area contributed by atoms with E-state index in [0.29, 0.717) is 31.0 Å². The summed E-state index contributed by atoms with van der Waals surface area (Å²) in [6.45, 7) is 14.6. The smallest absolute Gasteiger partial charge is 0.410 e. The molecule has 1 amide bonds. The molecule has 0 radical (unpaired) electrons. The van der Waals surface area contributed by atoms with E-state index in [1.807, 2.05) is 48.5 Å². The number of carbonyl (C=O) groups is 1. The second kappa shape index (κ2) is 7.23. The monoisotopic (exact) mass is 330 g/mol. The zero-order chi connectivity index (χ0) is 17.8. The summed E-state index contributed by atoms with van der Waals surface area (Å²) in [5.41, 5.74) is -0.873. The number of nitrogens with zero attached hydrogens (tertiary/aromatic N) is 4. The van der Waals surface area contributed by atoms with E-state index in [9.17, 15) is 10.0 Å². The maximum Gasteiger partial charge on any atom is 0.410 e. The fraction of sp³-hybridized carbons (Fsp3) is 0.933. The van der Waals surface area contributed by atoms with Gasteiger partial charge in [-0.3, -0.25) is 0 Å². The average Bonchev–Trinajstić information content (AvgIpc) is 2.82. The maximum absolute atomic E-state index is 12.0. The van der Waals surface area contributed by atoms with Crippen LogP contribution in [-0.4, -0.2) is 57.8 Å². The van der Waals surface area contributed by atoms with Gasteiger partial charge in [0.05, 0.1) is 23.6 Å². The fourth-order valence-corrected chi connectivity index (χ4v) is 2.31. The molecule has 23 heavy (non-hydrogen) atoms. The van der Waals surface area contributed by atoms with Crippen LogP contribution in [0.1, 0.15) is 54.9 Å². The highest BCUT2D eigenvalue weighted by atomic mass is 16.7. The zero-order valence-corrected chi connectivity index (χ0v) is 15.3. The molecule has 0 aromatic heterocycles. The lowest BCUT2D eigenvalue weighted by Gasteiger charge is -2.29. The number of likely N-dealkylation sites (tertiary alicyclic amines) is 1. The molecular formula is C15H30N4O4. The summed E-state index contributed by atoms with van der Waals surface area (Å²) in [6.07, 6.45) is -0.0387. The molecule has 1 atom stereocenters. The molecule has 134 valence electrons. The molecule has 1 aliphatic rings. The van der Waals surface area contributed by atoms with Crippen molar-refractivity contribution >= 4 is 6.09 Å². The summed E-state index contributed by atoms with van der Waals surface area (Å²) in [4.78, 5) is 19.3. The minimum absolute atomic E-state index is 0.294. The number of carbonyl (C=O) groups excluding carboxylic acids is 1. The maximum atomic E-state index is 12.0. The van der Waals surface area contributed by atoms with E-state index in [2.05, 4.69) is 5.28 Å². The molecule has 1 aliphatic heterocycles. The van der Waals surface area contributed by atoms with Crippen LogP contribution in [-0.2, 0) is 9.57 Å². The molecule has 1 rings (SSSR count). The largest absolute Gasteiger partial charge is 0.569 e. The normalized spacial score (nSPS) is 19.7. The Hall–Kier alpha value is -1.73. The van der Waals surface area contributed by atoms with Crippen LogP contribution in [0.4, 0.5) is 4.79 Å². The van der Waals surface area contributed by atoms with Crippen molar-refractivity contribution in [2.45, 2.75) is 72.1 Å². The van der Waals surface area contributed by atoms with E-state index in [1.165, 1.54) is 0 Å². The quantitative estimate of drug-likeness (QED) is 0.450. The first kappa shape index (κ1) is 19.3. The minimum atomic E-state index is -0.527. The molecule has 0 saturated carbocycles. The van der Waals surface area contributed by atoms with E-state index in [-0.39, 0.29) is 17.7 Å². The summed E-state index contributed by atoms with van der Waals surface area (Å²) in [6, 6.07) is 0. The first-order valence-corrected chi connectivity index (χ1v) is 8.03. The molecule has 8 heteroatoms. The van der Waals surface area contributed by atoms with Crippen LogP contribution in [0.2, 0.25) is 0 Å². The van der Waals surface area contributed by atoms with Gasteiger partial charge in [-0.15, -0.1) is 5.01 Å². The Bertz CT molecular complexity index is 440. The van der Waals surface area contributed by atoms with E-state index in [4.69, 9.17) is 9.57 Å². The minimum Gasteiger partial charge on any atom is -0.569 e. The first-order valence-electron chi connectivity index (χ1n) is 8.03. The number of amides is 1. The van der Waals surface area contributed by atoms with Crippen LogP contribution in [0.15, 0.2) is 5.28 Å². The Labute approximate surface area is 138 Å². The van der Waals surface area contributed by atoms with Crippen molar-refractivity contribution < 1.29 is 19.3 Å². The first-order chi connectivity index (χ1) is 10.4. The summed E-state index contributed by atoms with van der Waals surface area (Å²) in [5, 5.41) is 17.2. The highest BCUT2D eigenvalue weighted by molar-refractivity contribution is 5.68. The third kappa shape index (κ3) is 6.11. The molecule has 0 aromatic rings. The van der Waals surface area contributed by atoms with Gasteiger partial charge in [0.15, 0.2) is 6.10 Å². The van der Waals surface area contributed by atoms with Gasteiger partial charge in [0, 0.05) is 13.0 Å². The summed E-state index contributed by atoms with van der Waals surface area (Å²) < 4.78 is 5.32. The highest BCUT2D eigenvalue weighted by Gasteiger charge is 2.32. The van der Waals surface area contributed by atoms with Gasteiger partial charge in [-0.05, 0) is 48.5 Å². The molecule has 8 nitrogen and oxygen atoms in total. The van der Waals surface area contributed by atoms with Crippen molar-refractivity contribution in [2.24, 2.45) is 5.28 Å². The molecule has 0 aliphatic carbocycles. The van der Waals surface area contributed by atoms with Gasteiger partial charge in [-0.25, -0.2) is 4.79 Å². The average molecular weight is 330 g/mol. The second-order valence-corrected chi connectivity index (χ2v) is 7.66. The van der Waals surface area contributed by atoms with Crippen molar-refractivity contribution in [1.82, 2.24) is 9.91 Å². The van der Waals surface area contributed by atoms with Crippen molar-refractivity contribution in [3.8, 4) is 0 Å². The predicted octanol–water partition coefficient (Wildman–Crippen LogP) is 2.93. The molecule has 1 heterocycles. The molecule has 1 saturated heterocycles. The fourth-order valence-electron chi connectivity index (χ4n) is 2.31. The number of hydrogen-bond acceptors (Lipinski definition) is 5. The van der Waals surface area contributed by atoms with Gasteiger partial charge in [0.1, 0.15) is 5.60 Å². The highest BCUT2D eigenvalue weighted by Crippen LogP contribution is 2.18.